The van der Waals surface area contributed by atoms with E-state index in [0.717, 1.165) is 39.9 Å². The molecule has 0 bridgehead atoms. The van der Waals surface area contributed by atoms with Crippen molar-refractivity contribution >= 4 is 31.5 Å². The van der Waals surface area contributed by atoms with Gasteiger partial charge in [-0.2, -0.15) is 13.2 Å². The quantitative estimate of drug-likeness (QED) is 0.236. The number of benzene rings is 5. The van der Waals surface area contributed by atoms with Gasteiger partial charge in [-0.15, -0.1) is 11.3 Å². The summed E-state index contributed by atoms with van der Waals surface area (Å²) in [4.78, 5) is 0. The van der Waals surface area contributed by atoms with E-state index in [-0.39, 0.29) is 0 Å². The smallest absolute Gasteiger partial charge is 0.166 e. The Labute approximate surface area is 204 Å². The Morgan fingerprint density at radius 3 is 1.40 bits per heavy atom. The number of fused-ring (bicyclic) bond motifs is 3. The maximum atomic E-state index is 12.8. The van der Waals surface area contributed by atoms with E-state index in [2.05, 4.69) is 66.7 Å². The topological polar surface area (TPSA) is 0 Å². The molecule has 170 valence electrons. The van der Waals surface area contributed by atoms with Crippen molar-refractivity contribution in [1.29, 1.82) is 0 Å². The van der Waals surface area contributed by atoms with Crippen molar-refractivity contribution in [2.45, 2.75) is 6.18 Å². The summed E-state index contributed by atoms with van der Waals surface area (Å²) in [7, 11) is 0. The van der Waals surface area contributed by atoms with Crippen LogP contribution in [0, 0.1) is 0 Å². The third-order valence-corrected chi connectivity index (χ3v) is 7.51. The molecule has 0 radical (unpaired) electrons. The Morgan fingerprint density at radius 2 is 0.857 bits per heavy atom. The first-order valence-electron chi connectivity index (χ1n) is 11.3. The number of hydrogen-bond acceptors (Lipinski definition) is 1. The van der Waals surface area contributed by atoms with Gasteiger partial charge in [-0.1, -0.05) is 84.9 Å². The minimum Gasteiger partial charge on any atom is -0.166 e. The van der Waals surface area contributed by atoms with Crippen LogP contribution in [0.3, 0.4) is 0 Å². The van der Waals surface area contributed by atoms with Crippen molar-refractivity contribution < 1.29 is 13.2 Å². The molecule has 0 saturated carbocycles. The van der Waals surface area contributed by atoms with Crippen molar-refractivity contribution in [2.75, 3.05) is 0 Å². The summed E-state index contributed by atoms with van der Waals surface area (Å²) in [5, 5.41) is 2.57. The molecule has 0 amide bonds. The molecule has 0 nitrogen and oxygen atoms in total. The van der Waals surface area contributed by atoms with Crippen molar-refractivity contribution in [2.24, 2.45) is 0 Å². The van der Waals surface area contributed by atoms with Crippen molar-refractivity contribution in [3.63, 3.8) is 0 Å². The molecule has 0 fully saturated rings. The fourth-order valence-electron chi connectivity index (χ4n) is 4.47. The average Bonchev–Trinajstić information content (AvgIpc) is 3.26. The molecule has 1 aromatic heterocycles. The molecular weight excluding hydrogens is 461 g/mol. The normalized spacial score (nSPS) is 11.9. The summed E-state index contributed by atoms with van der Waals surface area (Å²) >= 11 is 1.82. The van der Waals surface area contributed by atoms with Crippen molar-refractivity contribution in [3.05, 3.63) is 121 Å². The van der Waals surface area contributed by atoms with E-state index < -0.39 is 11.7 Å². The van der Waals surface area contributed by atoms with Crippen molar-refractivity contribution in [3.8, 4) is 33.4 Å². The summed E-state index contributed by atoms with van der Waals surface area (Å²) in [6, 6.07) is 36.8. The van der Waals surface area contributed by atoms with Crippen LogP contribution in [-0.2, 0) is 6.18 Å². The molecule has 4 heteroatoms. The lowest BCUT2D eigenvalue weighted by Crippen LogP contribution is -2.03. The summed E-state index contributed by atoms with van der Waals surface area (Å²) in [6.07, 6.45) is -4.32. The molecule has 35 heavy (non-hydrogen) atoms. The van der Waals surface area contributed by atoms with Crippen molar-refractivity contribution in [1.82, 2.24) is 0 Å². The van der Waals surface area contributed by atoms with Gasteiger partial charge in [0.25, 0.3) is 0 Å². The van der Waals surface area contributed by atoms with Crippen LogP contribution in [0.15, 0.2) is 115 Å². The minimum atomic E-state index is -4.32. The second-order valence-corrected chi connectivity index (χ2v) is 9.62. The van der Waals surface area contributed by atoms with Gasteiger partial charge in [0.2, 0.25) is 0 Å². The highest BCUT2D eigenvalue weighted by Crippen LogP contribution is 2.37. The molecule has 0 aliphatic carbocycles. The number of hydrogen-bond donors (Lipinski definition) is 0. The molecule has 6 rings (SSSR count). The largest absolute Gasteiger partial charge is 0.416 e. The lowest BCUT2D eigenvalue weighted by molar-refractivity contribution is -0.137. The Bertz CT molecular complexity index is 1640. The van der Waals surface area contributed by atoms with Gasteiger partial charge >= 0.3 is 6.18 Å². The van der Waals surface area contributed by atoms with Crippen LogP contribution >= 0.6 is 11.3 Å². The third-order valence-electron chi connectivity index (χ3n) is 6.36. The van der Waals surface area contributed by atoms with Gasteiger partial charge in [0, 0.05) is 20.2 Å². The SMILES string of the molecule is FC(F)(F)c1ccc(-c2ccc(-c3ccc(-c4ccc5sc6ccccc6c5c4)cc3)cc2)cc1. The predicted molar refractivity (Wildman–Crippen MR) is 141 cm³/mol. The molecule has 1 heterocycles. The predicted octanol–water partition coefficient (Wildman–Crippen LogP) is 10.1. The van der Waals surface area contributed by atoms with Crippen LogP contribution in [-0.4, -0.2) is 0 Å². The van der Waals surface area contributed by atoms with E-state index in [4.69, 9.17) is 0 Å². The van der Waals surface area contributed by atoms with E-state index in [1.165, 1.54) is 37.9 Å². The van der Waals surface area contributed by atoms with Gasteiger partial charge in [0.05, 0.1) is 5.56 Å². The van der Waals surface area contributed by atoms with E-state index in [9.17, 15) is 13.2 Å². The molecule has 0 atom stereocenters. The monoisotopic (exact) mass is 480 g/mol. The Morgan fingerprint density at radius 1 is 0.429 bits per heavy atom. The molecule has 0 saturated heterocycles. The standard InChI is InChI=1S/C31H19F3S/c32-31(33,34)26-16-13-23(14-17-26)22-7-5-20(6-8-22)21-9-11-24(12-10-21)25-15-18-30-28(19-25)27-3-1-2-4-29(27)35-30/h1-19H. The lowest BCUT2D eigenvalue weighted by atomic mass is 9.97. The third kappa shape index (κ3) is 4.11. The van der Waals surface area contributed by atoms with E-state index in [1.54, 1.807) is 0 Å². The fraction of sp³-hybridized carbons (Fsp3) is 0.0323. The van der Waals surface area contributed by atoms with Crippen LogP contribution in [0.2, 0.25) is 0 Å². The zero-order valence-electron chi connectivity index (χ0n) is 18.5. The summed E-state index contributed by atoms with van der Waals surface area (Å²) in [5.41, 5.74) is 5.51. The van der Waals surface area contributed by atoms with Gasteiger partial charge in [0.1, 0.15) is 0 Å². The van der Waals surface area contributed by atoms with Gasteiger partial charge < -0.3 is 0 Å². The van der Waals surface area contributed by atoms with Crippen LogP contribution in [0.1, 0.15) is 5.56 Å². The maximum Gasteiger partial charge on any atom is 0.416 e. The average molecular weight is 481 g/mol. The second-order valence-electron chi connectivity index (χ2n) is 8.54. The first kappa shape index (κ1) is 21.6. The molecule has 0 aliphatic rings. The van der Waals surface area contributed by atoms with Crippen LogP contribution in [0.25, 0.3) is 53.6 Å². The van der Waals surface area contributed by atoms with E-state index >= 15 is 0 Å². The second kappa shape index (κ2) is 8.40. The van der Waals surface area contributed by atoms with Crippen LogP contribution in [0.5, 0.6) is 0 Å². The maximum absolute atomic E-state index is 12.8. The summed E-state index contributed by atoms with van der Waals surface area (Å²) < 4.78 is 41.0. The highest BCUT2D eigenvalue weighted by molar-refractivity contribution is 7.25. The molecule has 0 spiro atoms. The lowest BCUT2D eigenvalue weighted by Gasteiger charge is -2.09. The van der Waals surface area contributed by atoms with Gasteiger partial charge in [-0.05, 0) is 63.7 Å². The zero-order chi connectivity index (χ0) is 24.0. The highest BCUT2D eigenvalue weighted by atomic mass is 32.1. The molecular formula is C31H19F3S. The summed E-state index contributed by atoms with van der Waals surface area (Å²) in [5.74, 6) is 0. The van der Waals surface area contributed by atoms with Gasteiger partial charge in [-0.3, -0.25) is 0 Å². The van der Waals surface area contributed by atoms with Gasteiger partial charge in [0.15, 0.2) is 0 Å². The number of thiophene rings is 1. The van der Waals surface area contributed by atoms with Gasteiger partial charge in [-0.25, -0.2) is 0 Å². The van der Waals surface area contributed by atoms with Crippen LogP contribution < -0.4 is 0 Å². The minimum absolute atomic E-state index is 0.635. The number of alkyl halides is 3. The Balaban J connectivity index is 1.25. The first-order chi connectivity index (χ1) is 17.0. The first-order valence-corrected chi connectivity index (χ1v) is 12.1. The molecule has 0 N–H and O–H groups in total. The number of rotatable bonds is 3. The molecule has 5 aromatic carbocycles. The van der Waals surface area contributed by atoms with E-state index in [0.29, 0.717) is 0 Å². The molecule has 0 unspecified atom stereocenters. The summed E-state index contributed by atoms with van der Waals surface area (Å²) in [6.45, 7) is 0. The zero-order valence-corrected chi connectivity index (χ0v) is 19.3. The molecule has 0 aliphatic heterocycles. The number of halogens is 3. The van der Waals surface area contributed by atoms with Crippen LogP contribution in [0.4, 0.5) is 13.2 Å². The Hall–Kier alpha value is -3.89. The fourth-order valence-corrected chi connectivity index (χ4v) is 5.55. The highest BCUT2D eigenvalue weighted by Gasteiger charge is 2.29. The molecule has 6 aromatic rings. The van der Waals surface area contributed by atoms with E-state index in [1.807, 2.05) is 35.6 Å². The Kier molecular flexibility index (Phi) is 5.19.